The van der Waals surface area contributed by atoms with E-state index in [-0.39, 0.29) is 5.75 Å². The molecule has 0 saturated carbocycles. The predicted octanol–water partition coefficient (Wildman–Crippen LogP) is 5.78. The predicted molar refractivity (Wildman–Crippen MR) is 89.8 cm³/mol. The lowest BCUT2D eigenvalue weighted by atomic mass is 10.2. The van der Waals surface area contributed by atoms with Gasteiger partial charge in [-0.2, -0.15) is 0 Å². The normalized spacial score (nSPS) is 10.4. The van der Waals surface area contributed by atoms with E-state index in [0.29, 0.717) is 27.4 Å². The highest BCUT2D eigenvalue weighted by molar-refractivity contribution is 14.1. The molecule has 106 valence electrons. The number of methoxy groups -OCH3 is 1. The molecule has 0 amide bonds. The number of alkyl halides is 1. The van der Waals surface area contributed by atoms with E-state index < -0.39 is 5.82 Å². The second kappa shape index (κ2) is 6.95. The molecule has 0 aliphatic carbocycles. The molecule has 0 fully saturated rings. The number of rotatable bonds is 4. The van der Waals surface area contributed by atoms with Gasteiger partial charge in [0, 0.05) is 15.9 Å². The van der Waals surface area contributed by atoms with Crippen molar-refractivity contribution >= 4 is 50.1 Å². The monoisotopic (exact) mass is 470 g/mol. The maximum Gasteiger partial charge on any atom is 0.198 e. The maximum atomic E-state index is 14.2. The van der Waals surface area contributed by atoms with Crippen LogP contribution in [-0.4, -0.2) is 7.11 Å². The van der Waals surface area contributed by atoms with Crippen LogP contribution in [0, 0.1) is 9.39 Å². The summed E-state index contributed by atoms with van der Waals surface area (Å²) < 4.78 is 25.9. The molecule has 0 aliphatic heterocycles. The van der Waals surface area contributed by atoms with Crippen LogP contribution in [0.1, 0.15) is 5.56 Å². The average Bonchev–Trinajstić information content (AvgIpc) is 2.45. The third kappa shape index (κ3) is 3.38. The molecular weight excluding hydrogens is 461 g/mol. The fourth-order valence-electron chi connectivity index (χ4n) is 1.63. The Morgan fingerprint density at radius 2 is 1.90 bits per heavy atom. The van der Waals surface area contributed by atoms with Gasteiger partial charge in [-0.05, 0) is 52.9 Å². The molecule has 0 radical (unpaired) electrons. The van der Waals surface area contributed by atoms with Gasteiger partial charge in [0.15, 0.2) is 17.3 Å². The number of hydrogen-bond donors (Lipinski definition) is 0. The van der Waals surface area contributed by atoms with E-state index in [0.717, 1.165) is 3.57 Å². The molecule has 0 N–H and O–H groups in total. The minimum atomic E-state index is -0.422. The minimum absolute atomic E-state index is 0.0984. The van der Waals surface area contributed by atoms with Crippen molar-refractivity contribution in [2.45, 2.75) is 5.33 Å². The Morgan fingerprint density at radius 3 is 2.45 bits per heavy atom. The van der Waals surface area contributed by atoms with Crippen molar-refractivity contribution in [2.24, 2.45) is 0 Å². The lowest BCUT2D eigenvalue weighted by Gasteiger charge is -2.15. The highest BCUT2D eigenvalue weighted by atomic mass is 127. The van der Waals surface area contributed by atoms with Crippen LogP contribution in [-0.2, 0) is 5.33 Å². The summed E-state index contributed by atoms with van der Waals surface area (Å²) in [5.41, 5.74) is 0.523. The minimum Gasteiger partial charge on any atom is -0.490 e. The molecule has 6 heteroatoms. The molecule has 0 heterocycles. The van der Waals surface area contributed by atoms with Gasteiger partial charge in [0.05, 0.1) is 10.7 Å². The SMILES string of the molecule is COc1c(F)c(CBr)cc(I)c1Oc1ccc(Cl)cc1. The van der Waals surface area contributed by atoms with Crippen LogP contribution in [0.15, 0.2) is 30.3 Å². The van der Waals surface area contributed by atoms with Crippen LogP contribution in [0.3, 0.4) is 0 Å². The van der Waals surface area contributed by atoms with Gasteiger partial charge in [0.25, 0.3) is 0 Å². The quantitative estimate of drug-likeness (QED) is 0.416. The van der Waals surface area contributed by atoms with Crippen LogP contribution >= 0.6 is 50.1 Å². The van der Waals surface area contributed by atoms with Crippen molar-refractivity contribution in [3.8, 4) is 17.2 Å². The largest absolute Gasteiger partial charge is 0.490 e. The molecule has 0 bridgehead atoms. The summed E-state index contributed by atoms with van der Waals surface area (Å²) in [5.74, 6) is 0.601. The first-order chi connectivity index (χ1) is 9.56. The van der Waals surface area contributed by atoms with Gasteiger partial charge in [0.1, 0.15) is 5.75 Å². The smallest absolute Gasteiger partial charge is 0.198 e. The van der Waals surface area contributed by atoms with E-state index >= 15 is 0 Å². The Bertz CT molecular complexity index is 620. The molecule has 2 rings (SSSR count). The zero-order valence-corrected chi connectivity index (χ0v) is 14.9. The molecular formula is C14H10BrClFIO2. The van der Waals surface area contributed by atoms with Crippen molar-refractivity contribution in [1.82, 2.24) is 0 Å². The van der Waals surface area contributed by atoms with E-state index in [1.165, 1.54) is 7.11 Å². The van der Waals surface area contributed by atoms with Crippen LogP contribution in [0.5, 0.6) is 17.2 Å². The van der Waals surface area contributed by atoms with E-state index in [4.69, 9.17) is 21.1 Å². The Balaban J connectivity index is 2.45. The third-order valence-electron chi connectivity index (χ3n) is 2.59. The number of benzene rings is 2. The van der Waals surface area contributed by atoms with E-state index in [1.807, 2.05) is 0 Å². The van der Waals surface area contributed by atoms with Crippen LogP contribution in [0.25, 0.3) is 0 Å². The maximum absolute atomic E-state index is 14.2. The summed E-state index contributed by atoms with van der Waals surface area (Å²) in [7, 11) is 1.42. The van der Waals surface area contributed by atoms with Crippen molar-refractivity contribution in [3.05, 3.63) is 50.3 Å². The van der Waals surface area contributed by atoms with E-state index in [2.05, 4.69) is 38.5 Å². The Kier molecular flexibility index (Phi) is 5.51. The first-order valence-electron chi connectivity index (χ1n) is 5.61. The summed E-state index contributed by atoms with van der Waals surface area (Å²) in [6, 6.07) is 8.57. The highest BCUT2D eigenvalue weighted by Gasteiger charge is 2.19. The zero-order chi connectivity index (χ0) is 14.7. The number of halogens is 4. The summed E-state index contributed by atoms with van der Waals surface area (Å²) in [6.07, 6.45) is 0. The number of hydrogen-bond acceptors (Lipinski definition) is 2. The summed E-state index contributed by atoms with van der Waals surface area (Å²) >= 11 is 11.2. The summed E-state index contributed by atoms with van der Waals surface area (Å²) in [4.78, 5) is 0. The third-order valence-corrected chi connectivity index (χ3v) is 4.24. The van der Waals surface area contributed by atoms with Gasteiger partial charge in [-0.15, -0.1) is 0 Å². The first kappa shape index (κ1) is 15.9. The fourth-order valence-corrected chi connectivity index (χ4v) is 2.90. The summed E-state index contributed by atoms with van der Waals surface area (Å²) in [5, 5.41) is 1.02. The Morgan fingerprint density at radius 1 is 1.25 bits per heavy atom. The van der Waals surface area contributed by atoms with Gasteiger partial charge in [-0.3, -0.25) is 0 Å². The van der Waals surface area contributed by atoms with Crippen molar-refractivity contribution in [3.63, 3.8) is 0 Å². The highest BCUT2D eigenvalue weighted by Crippen LogP contribution is 2.40. The van der Waals surface area contributed by atoms with Crippen LogP contribution in [0.4, 0.5) is 4.39 Å². The van der Waals surface area contributed by atoms with E-state index in [1.54, 1.807) is 30.3 Å². The molecule has 0 atom stereocenters. The van der Waals surface area contributed by atoms with Gasteiger partial charge >= 0.3 is 0 Å². The molecule has 2 aromatic rings. The second-order valence-electron chi connectivity index (χ2n) is 3.88. The lowest BCUT2D eigenvalue weighted by Crippen LogP contribution is -1.99. The van der Waals surface area contributed by atoms with Crippen molar-refractivity contribution in [2.75, 3.05) is 7.11 Å². The average molecular weight is 471 g/mol. The summed E-state index contributed by atoms with van der Waals surface area (Å²) in [6.45, 7) is 0. The lowest BCUT2D eigenvalue weighted by molar-refractivity contribution is 0.353. The van der Waals surface area contributed by atoms with Crippen molar-refractivity contribution < 1.29 is 13.9 Å². The Labute approximate surface area is 143 Å². The molecule has 0 saturated heterocycles. The second-order valence-corrected chi connectivity index (χ2v) is 6.04. The van der Waals surface area contributed by atoms with Crippen LogP contribution < -0.4 is 9.47 Å². The van der Waals surface area contributed by atoms with E-state index in [9.17, 15) is 4.39 Å². The van der Waals surface area contributed by atoms with Crippen molar-refractivity contribution in [1.29, 1.82) is 0 Å². The van der Waals surface area contributed by atoms with Gasteiger partial charge in [-0.1, -0.05) is 27.5 Å². The topological polar surface area (TPSA) is 18.5 Å². The Hall–Kier alpha value is -0.530. The first-order valence-corrected chi connectivity index (χ1v) is 8.19. The van der Waals surface area contributed by atoms with Gasteiger partial charge in [0.2, 0.25) is 0 Å². The van der Waals surface area contributed by atoms with Gasteiger partial charge in [-0.25, -0.2) is 4.39 Å². The molecule has 0 aliphatic rings. The molecule has 2 aromatic carbocycles. The molecule has 2 nitrogen and oxygen atoms in total. The fraction of sp³-hybridized carbons (Fsp3) is 0.143. The van der Waals surface area contributed by atoms with Gasteiger partial charge < -0.3 is 9.47 Å². The molecule has 0 aromatic heterocycles. The van der Waals surface area contributed by atoms with Crippen LogP contribution in [0.2, 0.25) is 5.02 Å². The standard InChI is InChI=1S/C14H10BrClFIO2/c1-19-14-12(17)8(7-15)6-11(18)13(14)20-10-4-2-9(16)3-5-10/h2-6H,7H2,1H3. The molecule has 0 spiro atoms. The zero-order valence-electron chi connectivity index (χ0n) is 10.4. The molecule has 0 unspecified atom stereocenters. The number of ether oxygens (including phenoxy) is 2. The molecule has 20 heavy (non-hydrogen) atoms.